The summed E-state index contributed by atoms with van der Waals surface area (Å²) in [4.78, 5) is 10.7. The second-order valence-electron chi connectivity index (χ2n) is 3.63. The van der Waals surface area contributed by atoms with Crippen molar-refractivity contribution in [1.82, 2.24) is 0 Å². The fourth-order valence-corrected chi connectivity index (χ4v) is 1.56. The highest BCUT2D eigenvalue weighted by atomic mass is 35.5. The lowest BCUT2D eigenvalue weighted by molar-refractivity contribution is -0.118. The number of carbonyl (C=O) groups is 1. The molecule has 1 unspecified atom stereocenters. The van der Waals surface area contributed by atoms with E-state index in [1.165, 1.54) is 0 Å². The number of hydrogen-bond acceptors (Lipinski definition) is 2. The summed E-state index contributed by atoms with van der Waals surface area (Å²) >= 11 is 5.97. The number of nitrogens with two attached hydrogens (primary N) is 1. The van der Waals surface area contributed by atoms with Crippen LogP contribution in [0.4, 0.5) is 5.69 Å². The van der Waals surface area contributed by atoms with Crippen molar-refractivity contribution in [2.75, 3.05) is 5.32 Å². The predicted octanol–water partition coefficient (Wildman–Crippen LogP) is 2.32. The van der Waals surface area contributed by atoms with Gasteiger partial charge in [0.2, 0.25) is 5.91 Å². The van der Waals surface area contributed by atoms with Crippen molar-refractivity contribution in [3.63, 3.8) is 0 Å². The number of anilines is 1. The Kier molecular flexibility index (Phi) is 3.97. The Balaban J connectivity index is 2.72. The highest BCUT2D eigenvalue weighted by Gasteiger charge is 2.08. The fraction of sp³-hybridized carbons (Fsp3) is 0.364. The molecule has 0 radical (unpaired) electrons. The third-order valence-electron chi connectivity index (χ3n) is 2.18. The Bertz CT molecular complexity index is 366. The molecule has 0 spiro atoms. The second-order valence-corrected chi connectivity index (χ2v) is 4.04. The van der Waals surface area contributed by atoms with Crippen molar-refractivity contribution >= 4 is 23.2 Å². The van der Waals surface area contributed by atoms with Crippen molar-refractivity contribution in [1.29, 1.82) is 0 Å². The molecule has 1 aromatic rings. The lowest BCUT2D eigenvalue weighted by Gasteiger charge is -2.16. The Labute approximate surface area is 94.6 Å². The van der Waals surface area contributed by atoms with E-state index >= 15 is 0 Å². The van der Waals surface area contributed by atoms with E-state index < -0.39 is 0 Å². The molecule has 1 rings (SSSR count). The van der Waals surface area contributed by atoms with Crippen LogP contribution >= 0.6 is 11.6 Å². The maximum Gasteiger partial charge on any atom is 0.219 e. The predicted molar refractivity (Wildman–Crippen MR) is 63.1 cm³/mol. The van der Waals surface area contributed by atoms with Gasteiger partial charge in [-0.05, 0) is 31.5 Å². The van der Waals surface area contributed by atoms with Gasteiger partial charge in [-0.2, -0.15) is 0 Å². The molecule has 3 nitrogen and oxygen atoms in total. The molecule has 3 N–H and O–H groups in total. The molecule has 4 heteroatoms. The molecule has 1 atom stereocenters. The first-order chi connectivity index (χ1) is 7.00. The summed E-state index contributed by atoms with van der Waals surface area (Å²) in [6.07, 6.45) is 0.311. The van der Waals surface area contributed by atoms with Gasteiger partial charge in [-0.25, -0.2) is 0 Å². The molecular formula is C11H15ClN2O. The standard InChI is InChI=1S/C11H15ClN2O/c1-7(6-11(13)15)14-10-5-3-4-9(12)8(10)2/h3-5,7,14H,6H2,1-2H3,(H2,13,15). The number of carbonyl (C=O) groups excluding carboxylic acids is 1. The van der Waals surface area contributed by atoms with Crippen molar-refractivity contribution in [3.05, 3.63) is 28.8 Å². The molecular weight excluding hydrogens is 212 g/mol. The number of primary amides is 1. The number of rotatable bonds is 4. The third kappa shape index (κ3) is 3.44. The van der Waals surface area contributed by atoms with Gasteiger partial charge in [-0.1, -0.05) is 17.7 Å². The molecule has 0 fully saturated rings. The Hall–Kier alpha value is -1.22. The van der Waals surface area contributed by atoms with E-state index in [9.17, 15) is 4.79 Å². The van der Waals surface area contributed by atoms with Crippen molar-refractivity contribution in [2.45, 2.75) is 26.3 Å². The molecule has 82 valence electrons. The van der Waals surface area contributed by atoms with Gasteiger partial charge in [-0.15, -0.1) is 0 Å². The number of nitrogens with one attached hydrogen (secondary N) is 1. The maximum absolute atomic E-state index is 10.7. The van der Waals surface area contributed by atoms with Gasteiger partial charge in [0.1, 0.15) is 0 Å². The van der Waals surface area contributed by atoms with Gasteiger partial charge in [0.15, 0.2) is 0 Å². The molecule has 0 aromatic heterocycles. The van der Waals surface area contributed by atoms with Crippen LogP contribution in [0.15, 0.2) is 18.2 Å². The molecule has 0 heterocycles. The van der Waals surface area contributed by atoms with Gasteiger partial charge in [0.25, 0.3) is 0 Å². The van der Waals surface area contributed by atoms with Crippen molar-refractivity contribution in [2.24, 2.45) is 5.73 Å². The number of amides is 1. The zero-order valence-electron chi connectivity index (χ0n) is 8.88. The van der Waals surface area contributed by atoms with Gasteiger partial charge >= 0.3 is 0 Å². The summed E-state index contributed by atoms with van der Waals surface area (Å²) in [5, 5.41) is 3.91. The molecule has 0 aliphatic heterocycles. The summed E-state index contributed by atoms with van der Waals surface area (Å²) in [5.41, 5.74) is 7.03. The zero-order valence-corrected chi connectivity index (χ0v) is 9.64. The normalized spacial score (nSPS) is 12.2. The van der Waals surface area contributed by atoms with E-state index in [1.54, 1.807) is 0 Å². The minimum Gasteiger partial charge on any atom is -0.382 e. The third-order valence-corrected chi connectivity index (χ3v) is 2.59. The summed E-state index contributed by atoms with van der Waals surface area (Å²) in [5.74, 6) is -0.310. The quantitative estimate of drug-likeness (QED) is 0.828. The van der Waals surface area contributed by atoms with Gasteiger partial charge in [0.05, 0.1) is 0 Å². The summed E-state index contributed by atoms with van der Waals surface area (Å²) in [6, 6.07) is 5.65. The van der Waals surface area contributed by atoms with Crippen LogP contribution in [0, 0.1) is 6.92 Å². The van der Waals surface area contributed by atoms with E-state index in [1.807, 2.05) is 32.0 Å². The summed E-state index contributed by atoms with van der Waals surface area (Å²) < 4.78 is 0. The summed E-state index contributed by atoms with van der Waals surface area (Å²) in [6.45, 7) is 3.84. The largest absolute Gasteiger partial charge is 0.382 e. The van der Waals surface area contributed by atoms with E-state index in [4.69, 9.17) is 17.3 Å². The van der Waals surface area contributed by atoms with Crippen LogP contribution in [0.2, 0.25) is 5.02 Å². The van der Waals surface area contributed by atoms with Gasteiger partial charge in [-0.3, -0.25) is 4.79 Å². The number of halogens is 1. The van der Waals surface area contributed by atoms with Crippen LogP contribution in [-0.4, -0.2) is 11.9 Å². The minimum absolute atomic E-state index is 0.0136. The molecule has 1 aromatic carbocycles. The molecule has 0 bridgehead atoms. The lowest BCUT2D eigenvalue weighted by Crippen LogP contribution is -2.24. The van der Waals surface area contributed by atoms with Crippen LogP contribution < -0.4 is 11.1 Å². The Morgan fingerprint density at radius 1 is 1.60 bits per heavy atom. The van der Waals surface area contributed by atoms with Crippen LogP contribution in [0.3, 0.4) is 0 Å². The minimum atomic E-state index is -0.310. The van der Waals surface area contributed by atoms with E-state index in [2.05, 4.69) is 5.32 Å². The average molecular weight is 227 g/mol. The van der Waals surface area contributed by atoms with E-state index in [-0.39, 0.29) is 11.9 Å². The molecule has 0 aliphatic rings. The van der Waals surface area contributed by atoms with Crippen molar-refractivity contribution in [3.8, 4) is 0 Å². The summed E-state index contributed by atoms with van der Waals surface area (Å²) in [7, 11) is 0. The Morgan fingerprint density at radius 2 is 2.27 bits per heavy atom. The zero-order chi connectivity index (χ0) is 11.4. The smallest absolute Gasteiger partial charge is 0.219 e. The molecule has 0 aliphatic carbocycles. The van der Waals surface area contributed by atoms with Crippen LogP contribution in [0.1, 0.15) is 18.9 Å². The first-order valence-corrected chi connectivity index (χ1v) is 5.18. The lowest BCUT2D eigenvalue weighted by atomic mass is 10.1. The average Bonchev–Trinajstić information content (AvgIpc) is 2.11. The number of benzene rings is 1. The first kappa shape index (κ1) is 11.9. The van der Waals surface area contributed by atoms with Crippen LogP contribution in [-0.2, 0) is 4.79 Å². The molecule has 0 saturated heterocycles. The van der Waals surface area contributed by atoms with E-state index in [0.717, 1.165) is 11.3 Å². The highest BCUT2D eigenvalue weighted by molar-refractivity contribution is 6.31. The SMILES string of the molecule is Cc1c(Cl)cccc1NC(C)CC(N)=O. The van der Waals surface area contributed by atoms with Crippen LogP contribution in [0.5, 0.6) is 0 Å². The molecule has 1 amide bonds. The molecule has 0 saturated carbocycles. The highest BCUT2D eigenvalue weighted by Crippen LogP contribution is 2.23. The first-order valence-electron chi connectivity index (χ1n) is 4.80. The van der Waals surface area contributed by atoms with Crippen LogP contribution in [0.25, 0.3) is 0 Å². The van der Waals surface area contributed by atoms with Crippen molar-refractivity contribution < 1.29 is 4.79 Å². The molecule has 15 heavy (non-hydrogen) atoms. The van der Waals surface area contributed by atoms with Gasteiger partial charge < -0.3 is 11.1 Å². The van der Waals surface area contributed by atoms with Gasteiger partial charge in [0, 0.05) is 23.2 Å². The maximum atomic E-state index is 10.7. The Morgan fingerprint density at radius 3 is 2.87 bits per heavy atom. The topological polar surface area (TPSA) is 55.1 Å². The monoisotopic (exact) mass is 226 g/mol. The second kappa shape index (κ2) is 5.03. The van der Waals surface area contributed by atoms with E-state index in [0.29, 0.717) is 11.4 Å². The number of hydrogen-bond donors (Lipinski definition) is 2. The fourth-order valence-electron chi connectivity index (χ4n) is 1.38.